The highest BCUT2D eigenvalue weighted by Crippen LogP contribution is 2.31. The fourth-order valence-corrected chi connectivity index (χ4v) is 4.75. The number of hydrogen-bond donors (Lipinski definition) is 1. The van der Waals surface area contributed by atoms with Crippen molar-refractivity contribution in [2.24, 2.45) is 0 Å². The molecule has 0 aliphatic heterocycles. The fourth-order valence-electron chi connectivity index (χ4n) is 2.98. The smallest absolute Gasteiger partial charge is 0.337 e. The van der Waals surface area contributed by atoms with Gasteiger partial charge in [0, 0.05) is 6.54 Å². The summed E-state index contributed by atoms with van der Waals surface area (Å²) < 4.78 is 9.00. The molecule has 0 aliphatic carbocycles. The van der Waals surface area contributed by atoms with Gasteiger partial charge in [0.25, 0.3) is 5.91 Å². The minimum atomic E-state index is -0.413. The molecule has 4 aromatic rings. The van der Waals surface area contributed by atoms with Crippen molar-refractivity contribution in [3.8, 4) is 0 Å². The average molecular weight is 549 g/mol. The zero-order valence-electron chi connectivity index (χ0n) is 15.7. The van der Waals surface area contributed by atoms with Crippen LogP contribution in [0.4, 0.5) is 5.13 Å². The van der Waals surface area contributed by atoms with E-state index < -0.39 is 5.97 Å². The van der Waals surface area contributed by atoms with Crippen LogP contribution in [0.5, 0.6) is 0 Å². The molecule has 2 aromatic carbocycles. The predicted octanol–water partition coefficient (Wildman–Crippen LogP) is 5.71. The lowest BCUT2D eigenvalue weighted by Crippen LogP contribution is -2.17. The van der Waals surface area contributed by atoms with Gasteiger partial charge in [-0.05, 0) is 61.7 Å². The molecule has 0 saturated carbocycles. The number of carbonyl (C=O) groups is 2. The van der Waals surface area contributed by atoms with E-state index in [2.05, 4.69) is 42.2 Å². The largest absolute Gasteiger partial charge is 0.465 e. The molecule has 30 heavy (non-hydrogen) atoms. The standard InChI is InChI=1S/C21H15Br2N3O3S/c1-29-20(28)13-7-8-15-17(9-13)30-21(24-15)25-19(27)16-10-14(22)18(23)26(16)11-12-5-3-2-4-6-12/h2-10H,11H2,1H3,(H,24,25,27). The van der Waals surface area contributed by atoms with Crippen molar-refractivity contribution in [3.63, 3.8) is 0 Å². The number of nitrogens with zero attached hydrogens (tertiary/aromatic N) is 2. The lowest BCUT2D eigenvalue weighted by molar-refractivity contribution is 0.0601. The minimum Gasteiger partial charge on any atom is -0.465 e. The van der Waals surface area contributed by atoms with Crippen LogP contribution in [0.3, 0.4) is 0 Å². The van der Waals surface area contributed by atoms with Gasteiger partial charge in [0.1, 0.15) is 5.69 Å². The van der Waals surface area contributed by atoms with E-state index in [4.69, 9.17) is 4.74 Å². The summed E-state index contributed by atoms with van der Waals surface area (Å²) >= 11 is 8.33. The number of amides is 1. The summed E-state index contributed by atoms with van der Waals surface area (Å²) in [6, 6.07) is 16.8. The van der Waals surface area contributed by atoms with Crippen LogP contribution >= 0.6 is 43.2 Å². The number of benzene rings is 2. The molecule has 4 rings (SSSR count). The van der Waals surface area contributed by atoms with Crippen LogP contribution in [0.15, 0.2) is 63.7 Å². The van der Waals surface area contributed by atoms with Gasteiger partial charge in [-0.3, -0.25) is 10.1 Å². The Morgan fingerprint density at radius 2 is 1.90 bits per heavy atom. The molecular formula is C21H15Br2N3O3S. The number of anilines is 1. The number of aromatic nitrogens is 2. The van der Waals surface area contributed by atoms with Crippen molar-refractivity contribution >= 4 is 70.4 Å². The van der Waals surface area contributed by atoms with E-state index in [0.717, 1.165) is 19.3 Å². The Kier molecular flexibility index (Phi) is 6.03. The summed E-state index contributed by atoms with van der Waals surface area (Å²) in [5.74, 6) is -0.686. The lowest BCUT2D eigenvalue weighted by atomic mass is 10.2. The molecule has 0 aliphatic rings. The molecular weight excluding hydrogens is 534 g/mol. The van der Waals surface area contributed by atoms with Crippen LogP contribution in [0, 0.1) is 0 Å². The number of hydrogen-bond acceptors (Lipinski definition) is 5. The molecule has 0 fully saturated rings. The SMILES string of the molecule is COC(=O)c1ccc2nc(NC(=O)c3cc(Br)c(Br)n3Cc3ccccc3)sc2c1. The van der Waals surface area contributed by atoms with Crippen LogP contribution in [0.2, 0.25) is 0 Å². The monoisotopic (exact) mass is 547 g/mol. The number of ether oxygens (including phenoxy) is 1. The van der Waals surface area contributed by atoms with Gasteiger partial charge in [0.05, 0.1) is 32.0 Å². The number of methoxy groups -OCH3 is 1. The number of esters is 1. The van der Waals surface area contributed by atoms with Gasteiger partial charge in [-0.2, -0.15) is 0 Å². The summed E-state index contributed by atoms with van der Waals surface area (Å²) in [7, 11) is 1.34. The fraction of sp³-hybridized carbons (Fsp3) is 0.0952. The Balaban J connectivity index is 1.61. The van der Waals surface area contributed by atoms with Gasteiger partial charge >= 0.3 is 5.97 Å². The second-order valence-corrected chi connectivity index (χ2v) is 9.02. The molecule has 2 aromatic heterocycles. The maximum absolute atomic E-state index is 13.0. The van der Waals surface area contributed by atoms with Gasteiger partial charge < -0.3 is 9.30 Å². The molecule has 0 unspecified atom stereocenters. The third-order valence-electron chi connectivity index (χ3n) is 4.43. The number of rotatable bonds is 5. The maximum atomic E-state index is 13.0. The first kappa shape index (κ1) is 20.8. The van der Waals surface area contributed by atoms with Gasteiger partial charge in [0.2, 0.25) is 0 Å². The summed E-state index contributed by atoms with van der Waals surface area (Å²) in [6.45, 7) is 0.540. The Morgan fingerprint density at radius 3 is 2.63 bits per heavy atom. The van der Waals surface area contributed by atoms with Gasteiger partial charge in [-0.25, -0.2) is 9.78 Å². The maximum Gasteiger partial charge on any atom is 0.337 e. The van der Waals surface area contributed by atoms with E-state index in [1.807, 2.05) is 34.9 Å². The van der Waals surface area contributed by atoms with Gasteiger partial charge in [-0.15, -0.1) is 0 Å². The van der Waals surface area contributed by atoms with Crippen LogP contribution in [0.1, 0.15) is 26.4 Å². The number of nitrogens with one attached hydrogen (secondary N) is 1. The van der Waals surface area contributed by atoms with E-state index in [1.54, 1.807) is 24.3 Å². The number of carbonyl (C=O) groups excluding carboxylic acids is 2. The van der Waals surface area contributed by atoms with Crippen molar-refractivity contribution < 1.29 is 14.3 Å². The highest BCUT2D eigenvalue weighted by molar-refractivity contribution is 9.13. The predicted molar refractivity (Wildman–Crippen MR) is 124 cm³/mol. The Morgan fingerprint density at radius 1 is 1.13 bits per heavy atom. The van der Waals surface area contributed by atoms with Gasteiger partial charge in [0.15, 0.2) is 5.13 Å². The number of halogens is 2. The molecule has 0 bridgehead atoms. The van der Waals surface area contributed by atoms with E-state index in [-0.39, 0.29) is 5.91 Å². The topological polar surface area (TPSA) is 73.2 Å². The zero-order valence-corrected chi connectivity index (χ0v) is 19.7. The van der Waals surface area contributed by atoms with Crippen molar-refractivity contribution in [3.05, 3.63) is 80.5 Å². The molecule has 2 heterocycles. The van der Waals surface area contributed by atoms with Crippen LogP contribution < -0.4 is 5.32 Å². The average Bonchev–Trinajstić information content (AvgIpc) is 3.28. The third-order valence-corrected chi connectivity index (χ3v) is 7.36. The quantitative estimate of drug-likeness (QED) is 0.324. The molecule has 1 N–H and O–H groups in total. The summed E-state index contributed by atoms with van der Waals surface area (Å²) in [5, 5.41) is 3.32. The second kappa shape index (κ2) is 8.71. The van der Waals surface area contributed by atoms with Crippen LogP contribution in [-0.4, -0.2) is 28.5 Å². The third kappa shape index (κ3) is 4.19. The molecule has 9 heteroatoms. The van der Waals surface area contributed by atoms with Crippen LogP contribution in [0.25, 0.3) is 10.2 Å². The summed E-state index contributed by atoms with van der Waals surface area (Å²) in [6.07, 6.45) is 0. The van der Waals surface area contributed by atoms with E-state index in [1.165, 1.54) is 18.4 Å². The van der Waals surface area contributed by atoms with Crippen molar-refractivity contribution in [1.29, 1.82) is 0 Å². The van der Waals surface area contributed by atoms with Crippen molar-refractivity contribution in [2.75, 3.05) is 12.4 Å². The van der Waals surface area contributed by atoms with E-state index in [9.17, 15) is 9.59 Å². The van der Waals surface area contributed by atoms with Crippen molar-refractivity contribution in [2.45, 2.75) is 6.54 Å². The molecule has 0 radical (unpaired) electrons. The van der Waals surface area contributed by atoms with E-state index >= 15 is 0 Å². The van der Waals surface area contributed by atoms with E-state index in [0.29, 0.717) is 28.5 Å². The number of thiazole rings is 1. The summed E-state index contributed by atoms with van der Waals surface area (Å²) in [5.41, 5.74) is 2.71. The van der Waals surface area contributed by atoms with Crippen LogP contribution in [-0.2, 0) is 11.3 Å². The lowest BCUT2D eigenvalue weighted by Gasteiger charge is -2.10. The molecule has 0 saturated heterocycles. The molecule has 152 valence electrons. The number of fused-ring (bicyclic) bond motifs is 1. The highest BCUT2D eigenvalue weighted by atomic mass is 79.9. The first-order chi connectivity index (χ1) is 14.5. The molecule has 1 amide bonds. The van der Waals surface area contributed by atoms with Crippen molar-refractivity contribution in [1.82, 2.24) is 9.55 Å². The first-order valence-electron chi connectivity index (χ1n) is 8.85. The normalized spacial score (nSPS) is 10.9. The Labute approximate surface area is 193 Å². The Hall–Kier alpha value is -2.49. The summed E-state index contributed by atoms with van der Waals surface area (Å²) in [4.78, 5) is 29.2. The Bertz CT molecular complexity index is 1250. The highest BCUT2D eigenvalue weighted by Gasteiger charge is 2.19. The van der Waals surface area contributed by atoms with Gasteiger partial charge in [-0.1, -0.05) is 41.7 Å². The molecule has 0 spiro atoms. The minimum absolute atomic E-state index is 0.274. The zero-order chi connectivity index (χ0) is 21.3. The molecule has 6 nitrogen and oxygen atoms in total. The molecule has 0 atom stereocenters. The second-order valence-electron chi connectivity index (χ2n) is 6.39. The first-order valence-corrected chi connectivity index (χ1v) is 11.2.